The summed E-state index contributed by atoms with van der Waals surface area (Å²) in [5.41, 5.74) is 0.859. The lowest BCUT2D eigenvalue weighted by Gasteiger charge is -2.29. The zero-order valence-electron chi connectivity index (χ0n) is 8.40. The highest BCUT2D eigenvalue weighted by Gasteiger charge is 2.21. The number of benzene rings is 1. The van der Waals surface area contributed by atoms with E-state index in [1.54, 1.807) is 11.9 Å². The van der Waals surface area contributed by atoms with Crippen LogP contribution in [0.2, 0.25) is 0 Å². The van der Waals surface area contributed by atoms with Gasteiger partial charge in [0, 0.05) is 12.7 Å². The first-order chi connectivity index (χ1) is 7.31. The minimum atomic E-state index is -0.166. The van der Waals surface area contributed by atoms with Gasteiger partial charge in [0.25, 0.3) is 0 Å². The molecule has 0 radical (unpaired) electrons. The molecule has 0 aromatic heterocycles. The Labute approximate surface area is 87.8 Å². The van der Waals surface area contributed by atoms with E-state index in [4.69, 9.17) is 0 Å². The van der Waals surface area contributed by atoms with Crippen LogP contribution < -0.4 is 15.5 Å². The molecule has 0 spiro atoms. The van der Waals surface area contributed by atoms with Gasteiger partial charge >= 0.3 is 6.03 Å². The zero-order valence-corrected chi connectivity index (χ0v) is 8.40. The predicted octanol–water partition coefficient (Wildman–Crippen LogP) is 0.749. The first kappa shape index (κ1) is 9.51. The quantitative estimate of drug-likeness (QED) is 0.709. The Kier molecular flexibility index (Phi) is 2.53. The van der Waals surface area contributed by atoms with Crippen molar-refractivity contribution < 1.29 is 4.79 Å². The minimum Gasteiger partial charge on any atom is -0.338 e. The van der Waals surface area contributed by atoms with Crippen molar-refractivity contribution in [2.45, 2.75) is 0 Å². The number of hydrogen-bond donors (Lipinski definition) is 2. The maximum absolute atomic E-state index is 11.7. The van der Waals surface area contributed by atoms with Crippen molar-refractivity contribution in [2.24, 2.45) is 4.99 Å². The number of carbonyl (C=O) groups excluding carboxylic acids is 1. The number of amides is 2. The number of para-hydroxylation sites is 1. The van der Waals surface area contributed by atoms with Crippen molar-refractivity contribution in [3.8, 4) is 0 Å². The van der Waals surface area contributed by atoms with Crippen molar-refractivity contribution in [2.75, 3.05) is 18.6 Å². The molecule has 1 saturated heterocycles. The lowest BCUT2D eigenvalue weighted by atomic mass is 10.3. The molecular formula is C10H12N4O. The standard InChI is InChI=1S/C10H12N4O/c1-11-9-12-7-14(10(15)13-9)8-5-3-2-4-6-8/h2-6H,7H2,1H3,(H2,11,12,13,15). The Morgan fingerprint density at radius 1 is 1.33 bits per heavy atom. The van der Waals surface area contributed by atoms with E-state index < -0.39 is 0 Å². The van der Waals surface area contributed by atoms with Crippen LogP contribution in [0.4, 0.5) is 10.5 Å². The second-order valence-corrected chi connectivity index (χ2v) is 3.10. The van der Waals surface area contributed by atoms with Crippen LogP contribution in [0.5, 0.6) is 0 Å². The summed E-state index contributed by atoms with van der Waals surface area (Å²) < 4.78 is 0. The van der Waals surface area contributed by atoms with Crippen LogP contribution in [-0.4, -0.2) is 25.7 Å². The zero-order chi connectivity index (χ0) is 10.7. The first-order valence-electron chi connectivity index (χ1n) is 4.65. The number of rotatable bonds is 1. The van der Waals surface area contributed by atoms with Gasteiger partial charge in [-0.05, 0) is 12.1 Å². The fourth-order valence-corrected chi connectivity index (χ4v) is 1.39. The molecule has 1 aliphatic rings. The molecule has 5 heteroatoms. The summed E-state index contributed by atoms with van der Waals surface area (Å²) in [7, 11) is 1.63. The van der Waals surface area contributed by atoms with Crippen molar-refractivity contribution in [3.63, 3.8) is 0 Å². The Morgan fingerprint density at radius 2 is 2.07 bits per heavy atom. The highest BCUT2D eigenvalue weighted by Crippen LogP contribution is 2.13. The maximum Gasteiger partial charge on any atom is 0.330 e. The fourth-order valence-electron chi connectivity index (χ4n) is 1.39. The van der Waals surface area contributed by atoms with Crippen LogP contribution in [0.15, 0.2) is 35.3 Å². The van der Waals surface area contributed by atoms with Gasteiger partial charge < -0.3 is 5.32 Å². The normalized spacial score (nSPS) is 18.6. The van der Waals surface area contributed by atoms with Crippen molar-refractivity contribution in [1.82, 2.24) is 10.6 Å². The molecule has 1 aromatic carbocycles. The van der Waals surface area contributed by atoms with E-state index in [-0.39, 0.29) is 6.03 Å². The molecule has 15 heavy (non-hydrogen) atoms. The van der Waals surface area contributed by atoms with Crippen LogP contribution in [0.1, 0.15) is 0 Å². The van der Waals surface area contributed by atoms with Gasteiger partial charge in [0.05, 0.1) is 6.67 Å². The first-order valence-corrected chi connectivity index (χ1v) is 4.65. The average molecular weight is 204 g/mol. The van der Waals surface area contributed by atoms with Crippen molar-refractivity contribution in [1.29, 1.82) is 0 Å². The molecule has 0 unspecified atom stereocenters. The molecule has 0 atom stereocenters. The highest BCUT2D eigenvalue weighted by molar-refractivity contribution is 6.06. The van der Waals surface area contributed by atoms with Crippen LogP contribution in [-0.2, 0) is 0 Å². The molecule has 1 aromatic rings. The Bertz CT molecular complexity index is 388. The van der Waals surface area contributed by atoms with Crippen LogP contribution in [0.3, 0.4) is 0 Å². The molecule has 5 nitrogen and oxygen atoms in total. The van der Waals surface area contributed by atoms with E-state index in [9.17, 15) is 4.79 Å². The van der Waals surface area contributed by atoms with E-state index >= 15 is 0 Å². The third-order valence-corrected chi connectivity index (χ3v) is 2.17. The summed E-state index contributed by atoms with van der Waals surface area (Å²) in [6.45, 7) is 0.433. The number of anilines is 1. The topological polar surface area (TPSA) is 56.7 Å². The second kappa shape index (κ2) is 4.00. The summed E-state index contributed by atoms with van der Waals surface area (Å²) >= 11 is 0. The molecule has 0 aliphatic carbocycles. The van der Waals surface area contributed by atoms with Gasteiger partial charge in [-0.3, -0.25) is 15.2 Å². The summed E-state index contributed by atoms with van der Waals surface area (Å²) in [5, 5.41) is 5.63. The summed E-state index contributed by atoms with van der Waals surface area (Å²) in [5.74, 6) is 0.507. The van der Waals surface area contributed by atoms with Gasteiger partial charge in [0.1, 0.15) is 0 Å². The van der Waals surface area contributed by atoms with Gasteiger partial charge in [-0.1, -0.05) is 18.2 Å². The second-order valence-electron chi connectivity index (χ2n) is 3.10. The number of aliphatic imine (C=N–C) groups is 1. The smallest absolute Gasteiger partial charge is 0.330 e. The number of hydrogen-bond acceptors (Lipinski definition) is 2. The molecule has 2 N–H and O–H groups in total. The van der Waals surface area contributed by atoms with Crippen molar-refractivity contribution >= 4 is 17.7 Å². The lowest BCUT2D eigenvalue weighted by Crippen LogP contribution is -2.58. The predicted molar refractivity (Wildman–Crippen MR) is 58.8 cm³/mol. The van der Waals surface area contributed by atoms with E-state index in [2.05, 4.69) is 15.6 Å². The molecule has 78 valence electrons. The summed E-state index contributed by atoms with van der Waals surface area (Å²) in [4.78, 5) is 17.1. The molecule has 2 rings (SSSR count). The number of guanidine groups is 1. The Hall–Kier alpha value is -2.04. The van der Waals surface area contributed by atoms with Gasteiger partial charge in [0.15, 0.2) is 0 Å². The van der Waals surface area contributed by atoms with E-state index in [1.807, 2.05) is 30.3 Å². The lowest BCUT2D eigenvalue weighted by molar-refractivity contribution is 0.248. The van der Waals surface area contributed by atoms with Crippen LogP contribution >= 0.6 is 0 Å². The summed E-state index contributed by atoms with van der Waals surface area (Å²) in [6, 6.07) is 9.31. The molecule has 0 bridgehead atoms. The third-order valence-electron chi connectivity index (χ3n) is 2.17. The fraction of sp³-hybridized carbons (Fsp3) is 0.200. The minimum absolute atomic E-state index is 0.166. The SMILES string of the molecule is CN=C1NCN(c2ccccc2)C(=O)N1. The number of nitrogens with one attached hydrogen (secondary N) is 2. The monoisotopic (exact) mass is 204 g/mol. The molecule has 2 amide bonds. The van der Waals surface area contributed by atoms with Crippen LogP contribution in [0, 0.1) is 0 Å². The third kappa shape index (κ3) is 1.90. The van der Waals surface area contributed by atoms with Gasteiger partial charge in [-0.15, -0.1) is 0 Å². The number of urea groups is 1. The van der Waals surface area contributed by atoms with Gasteiger partial charge in [0.2, 0.25) is 5.96 Å². The molecule has 0 saturated carbocycles. The number of nitrogens with zero attached hydrogens (tertiary/aromatic N) is 2. The van der Waals surface area contributed by atoms with Gasteiger partial charge in [-0.2, -0.15) is 0 Å². The van der Waals surface area contributed by atoms with Gasteiger partial charge in [-0.25, -0.2) is 4.79 Å². The van der Waals surface area contributed by atoms with E-state index in [1.165, 1.54) is 0 Å². The average Bonchev–Trinajstić information content (AvgIpc) is 2.30. The maximum atomic E-state index is 11.7. The van der Waals surface area contributed by atoms with E-state index in [0.717, 1.165) is 5.69 Å². The molecular weight excluding hydrogens is 192 g/mol. The molecule has 1 aliphatic heterocycles. The summed E-state index contributed by atoms with van der Waals surface area (Å²) in [6.07, 6.45) is 0. The number of carbonyl (C=O) groups is 1. The van der Waals surface area contributed by atoms with Crippen LogP contribution in [0.25, 0.3) is 0 Å². The van der Waals surface area contributed by atoms with E-state index in [0.29, 0.717) is 12.6 Å². The largest absolute Gasteiger partial charge is 0.338 e. The molecule has 1 heterocycles. The highest BCUT2D eigenvalue weighted by atomic mass is 16.2. The Morgan fingerprint density at radius 3 is 2.67 bits per heavy atom. The Balaban J connectivity index is 2.17. The molecule has 1 fully saturated rings. The van der Waals surface area contributed by atoms with Crippen molar-refractivity contribution in [3.05, 3.63) is 30.3 Å².